The van der Waals surface area contributed by atoms with Gasteiger partial charge in [-0.05, 0) is 56.7 Å². The van der Waals surface area contributed by atoms with E-state index in [9.17, 15) is 0 Å². The predicted octanol–water partition coefficient (Wildman–Crippen LogP) is 3.84. The molecule has 0 aliphatic carbocycles. The zero-order valence-corrected chi connectivity index (χ0v) is 12.8. The molecule has 0 N–H and O–H groups in total. The molecule has 0 amide bonds. The van der Waals surface area contributed by atoms with Crippen molar-refractivity contribution in [2.75, 3.05) is 26.2 Å². The molecule has 3 nitrogen and oxygen atoms in total. The van der Waals surface area contributed by atoms with Crippen LogP contribution in [0.2, 0.25) is 0 Å². The minimum absolute atomic E-state index is 0.675. The highest BCUT2D eigenvalue weighted by molar-refractivity contribution is 5.34. The minimum Gasteiger partial charge on any atom is -0.494 e. The van der Waals surface area contributed by atoms with Crippen molar-refractivity contribution in [3.63, 3.8) is 0 Å². The molecule has 0 unspecified atom stereocenters. The second-order valence-electron chi connectivity index (χ2n) is 4.93. The van der Waals surface area contributed by atoms with E-state index in [1.807, 2.05) is 12.1 Å². The van der Waals surface area contributed by atoms with Gasteiger partial charge in [0.05, 0.1) is 18.2 Å². The summed E-state index contributed by atoms with van der Waals surface area (Å²) in [6.07, 6.45) is 4.86. The van der Waals surface area contributed by atoms with Crippen LogP contribution >= 0.6 is 0 Å². The van der Waals surface area contributed by atoms with E-state index in [4.69, 9.17) is 10.00 Å². The third kappa shape index (κ3) is 6.58. The number of ether oxygens (including phenoxy) is 1. The van der Waals surface area contributed by atoms with Crippen molar-refractivity contribution in [3.05, 3.63) is 29.8 Å². The highest BCUT2D eigenvalue weighted by Gasteiger charge is 1.98. The summed E-state index contributed by atoms with van der Waals surface area (Å²) in [6.45, 7) is 8.71. The highest BCUT2D eigenvalue weighted by Crippen LogP contribution is 2.12. The zero-order valence-electron chi connectivity index (χ0n) is 12.8. The molecule has 1 aromatic rings. The van der Waals surface area contributed by atoms with Crippen LogP contribution in [0.3, 0.4) is 0 Å². The van der Waals surface area contributed by atoms with E-state index in [-0.39, 0.29) is 0 Å². The molecule has 1 rings (SSSR count). The van der Waals surface area contributed by atoms with Crippen LogP contribution in [0.15, 0.2) is 24.3 Å². The average molecular weight is 274 g/mol. The molecule has 0 saturated heterocycles. The predicted molar refractivity (Wildman–Crippen MR) is 82.9 cm³/mol. The molecule has 0 saturated carbocycles. The van der Waals surface area contributed by atoms with Gasteiger partial charge in [-0.3, -0.25) is 0 Å². The Hall–Kier alpha value is -1.53. The van der Waals surface area contributed by atoms with Gasteiger partial charge in [0.25, 0.3) is 0 Å². The Bertz CT molecular complexity index is 390. The van der Waals surface area contributed by atoms with Gasteiger partial charge in [-0.1, -0.05) is 26.7 Å². The first-order valence-electron chi connectivity index (χ1n) is 7.65. The molecule has 1 aromatic carbocycles. The van der Waals surface area contributed by atoms with Crippen molar-refractivity contribution in [1.82, 2.24) is 4.90 Å². The van der Waals surface area contributed by atoms with Crippen molar-refractivity contribution >= 4 is 0 Å². The topological polar surface area (TPSA) is 36.3 Å². The fraction of sp³-hybridized carbons (Fsp3) is 0.588. The SMILES string of the molecule is CCN(CC)CCCCCCOc1ccc(C#N)cc1. The third-order valence-electron chi connectivity index (χ3n) is 3.52. The first-order chi connectivity index (χ1) is 9.80. The van der Waals surface area contributed by atoms with E-state index in [0.717, 1.165) is 31.9 Å². The lowest BCUT2D eigenvalue weighted by Gasteiger charge is -2.17. The van der Waals surface area contributed by atoms with E-state index >= 15 is 0 Å². The molecular formula is C17H26N2O. The fourth-order valence-electron chi connectivity index (χ4n) is 2.15. The summed E-state index contributed by atoms with van der Waals surface area (Å²) in [4.78, 5) is 2.47. The summed E-state index contributed by atoms with van der Waals surface area (Å²) in [6, 6.07) is 9.41. The Kier molecular flexibility index (Phi) is 8.49. The van der Waals surface area contributed by atoms with Gasteiger partial charge >= 0.3 is 0 Å². The van der Waals surface area contributed by atoms with Crippen molar-refractivity contribution in [3.8, 4) is 11.8 Å². The maximum atomic E-state index is 8.71. The summed E-state index contributed by atoms with van der Waals surface area (Å²) in [5.41, 5.74) is 0.675. The van der Waals surface area contributed by atoms with Gasteiger partial charge in [0.15, 0.2) is 0 Å². The van der Waals surface area contributed by atoms with Crippen LogP contribution in [0.5, 0.6) is 5.75 Å². The van der Waals surface area contributed by atoms with Crippen LogP contribution in [0.25, 0.3) is 0 Å². The maximum Gasteiger partial charge on any atom is 0.119 e. The first-order valence-corrected chi connectivity index (χ1v) is 7.65. The zero-order chi connectivity index (χ0) is 14.6. The van der Waals surface area contributed by atoms with Crippen molar-refractivity contribution < 1.29 is 4.74 Å². The van der Waals surface area contributed by atoms with Crippen LogP contribution in [-0.4, -0.2) is 31.1 Å². The number of hydrogen-bond donors (Lipinski definition) is 0. The Morgan fingerprint density at radius 1 is 1.00 bits per heavy atom. The van der Waals surface area contributed by atoms with E-state index in [1.165, 1.54) is 25.8 Å². The Morgan fingerprint density at radius 2 is 1.65 bits per heavy atom. The van der Waals surface area contributed by atoms with Crippen LogP contribution in [0.1, 0.15) is 45.1 Å². The lowest BCUT2D eigenvalue weighted by molar-refractivity contribution is 0.284. The maximum absolute atomic E-state index is 8.71. The number of unbranched alkanes of at least 4 members (excludes halogenated alkanes) is 3. The van der Waals surface area contributed by atoms with E-state index < -0.39 is 0 Å². The second kappa shape index (κ2) is 10.3. The summed E-state index contributed by atoms with van der Waals surface area (Å²) in [5.74, 6) is 0.854. The van der Waals surface area contributed by atoms with E-state index in [2.05, 4.69) is 24.8 Å². The van der Waals surface area contributed by atoms with Gasteiger partial charge in [-0.15, -0.1) is 0 Å². The quantitative estimate of drug-likeness (QED) is 0.608. The molecule has 0 heterocycles. The third-order valence-corrected chi connectivity index (χ3v) is 3.52. The van der Waals surface area contributed by atoms with Crippen molar-refractivity contribution in [2.45, 2.75) is 39.5 Å². The average Bonchev–Trinajstić information content (AvgIpc) is 2.51. The molecule has 0 radical (unpaired) electrons. The Morgan fingerprint density at radius 3 is 2.25 bits per heavy atom. The van der Waals surface area contributed by atoms with E-state index in [0.29, 0.717) is 5.56 Å². The number of rotatable bonds is 10. The Labute approximate surface area is 123 Å². The molecule has 0 bridgehead atoms. The number of benzene rings is 1. The van der Waals surface area contributed by atoms with Crippen LogP contribution in [-0.2, 0) is 0 Å². The van der Waals surface area contributed by atoms with Gasteiger partial charge in [-0.25, -0.2) is 0 Å². The number of nitrogens with zero attached hydrogens (tertiary/aromatic N) is 2. The summed E-state index contributed by atoms with van der Waals surface area (Å²) >= 11 is 0. The Balaban J connectivity index is 2.03. The molecule has 110 valence electrons. The van der Waals surface area contributed by atoms with Gasteiger partial charge in [0.1, 0.15) is 5.75 Å². The van der Waals surface area contributed by atoms with Crippen LogP contribution in [0.4, 0.5) is 0 Å². The second-order valence-corrected chi connectivity index (χ2v) is 4.93. The van der Waals surface area contributed by atoms with Gasteiger partial charge in [0.2, 0.25) is 0 Å². The smallest absolute Gasteiger partial charge is 0.119 e. The molecule has 0 atom stereocenters. The molecule has 3 heteroatoms. The fourth-order valence-corrected chi connectivity index (χ4v) is 2.15. The van der Waals surface area contributed by atoms with Gasteiger partial charge < -0.3 is 9.64 Å². The monoisotopic (exact) mass is 274 g/mol. The van der Waals surface area contributed by atoms with E-state index in [1.54, 1.807) is 12.1 Å². The van der Waals surface area contributed by atoms with Gasteiger partial charge in [0, 0.05) is 0 Å². The lowest BCUT2D eigenvalue weighted by atomic mass is 10.2. The first kappa shape index (κ1) is 16.5. The van der Waals surface area contributed by atoms with Crippen molar-refractivity contribution in [2.24, 2.45) is 0 Å². The summed E-state index contributed by atoms with van der Waals surface area (Å²) < 4.78 is 5.66. The molecule has 20 heavy (non-hydrogen) atoms. The number of nitriles is 1. The van der Waals surface area contributed by atoms with Crippen molar-refractivity contribution in [1.29, 1.82) is 5.26 Å². The number of hydrogen-bond acceptors (Lipinski definition) is 3. The standard InChI is InChI=1S/C17H26N2O/c1-3-19(4-2)13-7-5-6-8-14-20-17-11-9-16(15-18)10-12-17/h9-12H,3-8,13-14H2,1-2H3. The molecular weight excluding hydrogens is 248 g/mol. The highest BCUT2D eigenvalue weighted by atomic mass is 16.5. The van der Waals surface area contributed by atoms with Crippen LogP contribution < -0.4 is 4.74 Å². The summed E-state index contributed by atoms with van der Waals surface area (Å²) in [5, 5.41) is 8.71. The lowest BCUT2D eigenvalue weighted by Crippen LogP contribution is -2.23. The normalized spacial score (nSPS) is 10.5. The minimum atomic E-state index is 0.675. The molecule has 0 aliphatic heterocycles. The van der Waals surface area contributed by atoms with Crippen LogP contribution in [0, 0.1) is 11.3 Å². The molecule has 0 fully saturated rings. The summed E-state index contributed by atoms with van der Waals surface area (Å²) in [7, 11) is 0. The largest absolute Gasteiger partial charge is 0.494 e. The molecule has 0 aromatic heterocycles. The molecule has 0 spiro atoms. The van der Waals surface area contributed by atoms with Gasteiger partial charge in [-0.2, -0.15) is 5.26 Å². The molecule has 0 aliphatic rings.